The van der Waals surface area contributed by atoms with Crippen LogP contribution in [0.3, 0.4) is 0 Å². The van der Waals surface area contributed by atoms with Crippen molar-refractivity contribution in [1.29, 1.82) is 0 Å². The van der Waals surface area contributed by atoms with E-state index < -0.39 is 20.0 Å². The van der Waals surface area contributed by atoms with Gasteiger partial charge in [-0.3, -0.25) is 13.8 Å². The lowest BCUT2D eigenvalue weighted by molar-refractivity contribution is -0.870. The SMILES string of the molecule is CCCCCCCCCCCCCC/C=C\CCCCCCCCCC(=O)NC(COP(=O)(O)OCC[N+](C)(C)C)C(O)/C=C/CC/C=C/CCCCCCCCCCCCCCCCC. The van der Waals surface area contributed by atoms with Gasteiger partial charge in [-0.25, -0.2) is 4.57 Å². The molecule has 3 atom stereocenters. The highest BCUT2D eigenvalue weighted by atomic mass is 31.2. The molecule has 66 heavy (non-hydrogen) atoms. The molecule has 0 saturated carbocycles. The number of phosphoric acid groups is 1. The first-order valence-corrected chi connectivity index (χ1v) is 29.9. The van der Waals surface area contributed by atoms with Crippen LogP contribution >= 0.6 is 7.82 Å². The zero-order valence-electron chi connectivity index (χ0n) is 44.4. The number of likely N-dealkylation sites (N-methyl/N-ethyl adjacent to an activating group) is 1. The highest BCUT2D eigenvalue weighted by molar-refractivity contribution is 7.47. The largest absolute Gasteiger partial charge is 0.472 e. The second-order valence-corrected chi connectivity index (χ2v) is 22.1. The number of carbonyl (C=O) groups excluding carboxylic acids is 1. The standard InChI is InChI=1S/C57H111N2O6P/c1-6-8-10-12-14-16-18-20-22-24-26-28-29-31-33-35-37-39-41-43-45-47-49-51-57(61)58-55(54-65-66(62,63)64-53-52-59(3,4)5)56(60)50-48-46-44-42-40-38-36-34-32-30-27-25-23-21-19-17-15-13-11-9-7-2/h31,33,40,42,48,50,55-56,60H,6-30,32,34-39,41,43-47,49,51-54H2,1-5H3,(H-,58,61,62,63)/p+1/b33-31-,42-40+,50-48+. The highest BCUT2D eigenvalue weighted by Crippen LogP contribution is 2.43. The van der Waals surface area contributed by atoms with E-state index in [1.54, 1.807) is 6.08 Å². The van der Waals surface area contributed by atoms with Crippen molar-refractivity contribution in [3.8, 4) is 0 Å². The summed E-state index contributed by atoms with van der Waals surface area (Å²) in [7, 11) is 1.56. The number of hydrogen-bond donors (Lipinski definition) is 3. The van der Waals surface area contributed by atoms with E-state index in [0.717, 1.165) is 38.5 Å². The molecule has 8 nitrogen and oxygen atoms in total. The number of hydrogen-bond acceptors (Lipinski definition) is 5. The lowest BCUT2D eigenvalue weighted by atomic mass is 10.0. The van der Waals surface area contributed by atoms with Crippen LogP contribution < -0.4 is 5.32 Å². The maximum absolute atomic E-state index is 13.0. The van der Waals surface area contributed by atoms with E-state index >= 15 is 0 Å². The Balaban J connectivity index is 4.27. The lowest BCUT2D eigenvalue weighted by Gasteiger charge is -2.25. The number of phosphoric ester groups is 1. The summed E-state index contributed by atoms with van der Waals surface area (Å²) in [6, 6.07) is -0.865. The molecule has 0 heterocycles. The van der Waals surface area contributed by atoms with Gasteiger partial charge in [-0.2, -0.15) is 0 Å². The molecule has 0 aromatic heterocycles. The van der Waals surface area contributed by atoms with Crippen LogP contribution in [0, 0.1) is 0 Å². The Hall–Kier alpha value is -1.28. The minimum absolute atomic E-state index is 0.0559. The quantitative estimate of drug-likeness (QED) is 0.0243. The number of aliphatic hydroxyl groups excluding tert-OH is 1. The van der Waals surface area contributed by atoms with Gasteiger partial charge < -0.3 is 19.8 Å². The Morgan fingerprint density at radius 3 is 1.21 bits per heavy atom. The maximum atomic E-state index is 13.0. The summed E-state index contributed by atoms with van der Waals surface area (Å²) < 4.78 is 23.7. The molecule has 0 aromatic carbocycles. The number of aliphatic hydroxyl groups is 1. The van der Waals surface area contributed by atoms with E-state index in [2.05, 4.69) is 43.5 Å². The van der Waals surface area contributed by atoms with Crippen LogP contribution in [0.2, 0.25) is 0 Å². The van der Waals surface area contributed by atoms with Gasteiger partial charge in [0.15, 0.2) is 0 Å². The van der Waals surface area contributed by atoms with E-state index in [4.69, 9.17) is 9.05 Å². The summed E-state index contributed by atoms with van der Waals surface area (Å²) >= 11 is 0. The summed E-state index contributed by atoms with van der Waals surface area (Å²) in [5.41, 5.74) is 0. The summed E-state index contributed by atoms with van der Waals surface area (Å²) in [6.07, 6.45) is 62.4. The van der Waals surface area contributed by atoms with E-state index in [9.17, 15) is 19.4 Å². The molecule has 0 rings (SSSR count). The Bertz CT molecular complexity index is 1170. The molecule has 3 unspecified atom stereocenters. The minimum atomic E-state index is -4.35. The third kappa shape index (κ3) is 50.6. The molecule has 9 heteroatoms. The van der Waals surface area contributed by atoms with Crippen molar-refractivity contribution in [3.63, 3.8) is 0 Å². The van der Waals surface area contributed by atoms with Crippen molar-refractivity contribution in [1.82, 2.24) is 5.32 Å². The fourth-order valence-electron chi connectivity index (χ4n) is 8.35. The number of nitrogens with zero attached hydrogens (tertiary/aromatic N) is 1. The van der Waals surface area contributed by atoms with Crippen molar-refractivity contribution in [2.24, 2.45) is 0 Å². The Labute approximate surface area is 410 Å². The molecule has 1 amide bonds. The third-order valence-electron chi connectivity index (χ3n) is 12.8. The third-order valence-corrected chi connectivity index (χ3v) is 13.8. The number of rotatable bonds is 52. The fraction of sp³-hybridized carbons (Fsp3) is 0.877. The molecule has 0 spiro atoms. The molecule has 0 aromatic rings. The smallest absolute Gasteiger partial charge is 0.387 e. The normalized spacial score (nSPS) is 14.2. The van der Waals surface area contributed by atoms with E-state index in [-0.39, 0.29) is 19.1 Å². The van der Waals surface area contributed by atoms with Crippen molar-refractivity contribution in [2.45, 2.75) is 283 Å². The molecule has 0 aliphatic rings. The van der Waals surface area contributed by atoms with Gasteiger partial charge in [-0.05, 0) is 57.8 Å². The summed E-state index contributed by atoms with van der Waals surface area (Å²) in [5, 5.41) is 13.9. The monoisotopic (exact) mass is 952 g/mol. The first-order chi connectivity index (χ1) is 32.0. The molecule has 390 valence electrons. The van der Waals surface area contributed by atoms with Gasteiger partial charge in [-0.15, -0.1) is 0 Å². The zero-order valence-corrected chi connectivity index (χ0v) is 45.3. The number of nitrogens with one attached hydrogen (secondary N) is 1. The van der Waals surface area contributed by atoms with E-state index in [0.29, 0.717) is 17.4 Å². The van der Waals surface area contributed by atoms with Crippen LogP contribution in [0.4, 0.5) is 0 Å². The Morgan fingerprint density at radius 1 is 0.500 bits per heavy atom. The average Bonchev–Trinajstić information content (AvgIpc) is 3.28. The van der Waals surface area contributed by atoms with Crippen LogP contribution in [0.5, 0.6) is 0 Å². The van der Waals surface area contributed by atoms with Crippen LogP contribution in [-0.2, 0) is 18.4 Å². The first-order valence-electron chi connectivity index (χ1n) is 28.4. The molecule has 0 radical (unpaired) electrons. The van der Waals surface area contributed by atoms with Gasteiger partial charge in [0.25, 0.3) is 0 Å². The van der Waals surface area contributed by atoms with E-state index in [1.165, 1.54) is 212 Å². The molecular weight excluding hydrogens is 840 g/mol. The van der Waals surface area contributed by atoms with Crippen LogP contribution in [-0.4, -0.2) is 73.4 Å². The molecule has 0 bridgehead atoms. The van der Waals surface area contributed by atoms with Gasteiger partial charge in [0.1, 0.15) is 13.2 Å². The van der Waals surface area contributed by atoms with Crippen LogP contribution in [0.15, 0.2) is 36.5 Å². The first kappa shape index (κ1) is 64.7. The van der Waals surface area contributed by atoms with Crippen LogP contribution in [0.1, 0.15) is 271 Å². The fourth-order valence-corrected chi connectivity index (χ4v) is 9.08. The van der Waals surface area contributed by atoms with Gasteiger partial charge in [0.2, 0.25) is 5.91 Å². The Morgan fingerprint density at radius 2 is 0.833 bits per heavy atom. The van der Waals surface area contributed by atoms with Gasteiger partial charge in [0.05, 0.1) is 39.9 Å². The molecule has 3 N–H and O–H groups in total. The highest BCUT2D eigenvalue weighted by Gasteiger charge is 2.27. The lowest BCUT2D eigenvalue weighted by Crippen LogP contribution is -2.45. The zero-order chi connectivity index (χ0) is 48.5. The predicted octanol–water partition coefficient (Wildman–Crippen LogP) is 17.0. The van der Waals surface area contributed by atoms with Crippen molar-refractivity contribution in [3.05, 3.63) is 36.5 Å². The number of amides is 1. The average molecular weight is 953 g/mol. The van der Waals surface area contributed by atoms with Crippen molar-refractivity contribution in [2.75, 3.05) is 40.9 Å². The minimum Gasteiger partial charge on any atom is -0.387 e. The van der Waals surface area contributed by atoms with E-state index in [1.807, 2.05) is 27.2 Å². The van der Waals surface area contributed by atoms with Crippen molar-refractivity contribution >= 4 is 13.7 Å². The second kappa shape index (κ2) is 48.7. The maximum Gasteiger partial charge on any atom is 0.472 e. The summed E-state index contributed by atoms with van der Waals surface area (Å²) in [4.78, 5) is 23.3. The molecule has 0 aliphatic heterocycles. The predicted molar refractivity (Wildman–Crippen MR) is 286 cm³/mol. The number of quaternary nitrogens is 1. The van der Waals surface area contributed by atoms with Crippen molar-refractivity contribution < 1.29 is 32.9 Å². The Kier molecular flexibility index (Phi) is 47.8. The van der Waals surface area contributed by atoms with Crippen LogP contribution in [0.25, 0.3) is 0 Å². The second-order valence-electron chi connectivity index (χ2n) is 20.7. The van der Waals surface area contributed by atoms with Gasteiger partial charge >= 0.3 is 7.82 Å². The van der Waals surface area contributed by atoms with Gasteiger partial charge in [-0.1, -0.05) is 243 Å². The number of carbonyl (C=O) groups is 1. The summed E-state index contributed by atoms with van der Waals surface area (Å²) in [5.74, 6) is -0.188. The number of allylic oxidation sites excluding steroid dienone is 5. The number of unbranched alkanes of at least 4 members (excludes halogenated alkanes) is 35. The topological polar surface area (TPSA) is 105 Å². The molecule has 0 fully saturated rings. The molecular formula is C57H112N2O6P+. The van der Waals surface area contributed by atoms with Gasteiger partial charge in [0, 0.05) is 6.42 Å². The molecule has 0 saturated heterocycles. The summed E-state index contributed by atoms with van der Waals surface area (Å²) in [6.45, 7) is 4.83. The molecule has 0 aliphatic carbocycles.